The SMILES string of the molecule is CC(C)n1c(CN)nnc1NC1CC1. The molecule has 0 amide bonds. The molecule has 1 fully saturated rings. The van der Waals surface area contributed by atoms with Gasteiger partial charge >= 0.3 is 0 Å². The van der Waals surface area contributed by atoms with Crippen molar-refractivity contribution in [1.29, 1.82) is 0 Å². The normalized spacial score (nSPS) is 16.3. The molecule has 0 unspecified atom stereocenters. The van der Waals surface area contributed by atoms with Crippen LogP contribution in [0.2, 0.25) is 0 Å². The molecule has 5 nitrogen and oxygen atoms in total. The molecule has 78 valence electrons. The predicted octanol–water partition coefficient (Wildman–Crippen LogP) is 0.892. The number of nitrogens with two attached hydrogens (primary N) is 1. The van der Waals surface area contributed by atoms with Crippen LogP contribution in [0.1, 0.15) is 38.6 Å². The van der Waals surface area contributed by atoms with Crippen molar-refractivity contribution in [1.82, 2.24) is 14.8 Å². The summed E-state index contributed by atoms with van der Waals surface area (Å²) >= 11 is 0. The Kier molecular flexibility index (Phi) is 2.41. The maximum Gasteiger partial charge on any atom is 0.225 e. The summed E-state index contributed by atoms with van der Waals surface area (Å²) in [4.78, 5) is 0. The van der Waals surface area contributed by atoms with Crippen molar-refractivity contribution in [2.24, 2.45) is 5.73 Å². The summed E-state index contributed by atoms with van der Waals surface area (Å²) in [6.45, 7) is 4.67. The van der Waals surface area contributed by atoms with Crippen molar-refractivity contribution < 1.29 is 0 Å². The molecule has 1 aromatic rings. The fourth-order valence-electron chi connectivity index (χ4n) is 1.51. The third kappa shape index (κ3) is 1.72. The van der Waals surface area contributed by atoms with Crippen molar-refractivity contribution in [2.75, 3.05) is 5.32 Å². The van der Waals surface area contributed by atoms with Crippen molar-refractivity contribution in [3.05, 3.63) is 5.82 Å². The predicted molar refractivity (Wildman–Crippen MR) is 54.9 cm³/mol. The van der Waals surface area contributed by atoms with E-state index in [0.717, 1.165) is 11.8 Å². The first kappa shape index (κ1) is 9.45. The van der Waals surface area contributed by atoms with E-state index < -0.39 is 0 Å². The highest BCUT2D eigenvalue weighted by Gasteiger charge is 2.24. The van der Waals surface area contributed by atoms with E-state index in [4.69, 9.17) is 5.73 Å². The maximum atomic E-state index is 5.60. The zero-order valence-electron chi connectivity index (χ0n) is 8.70. The van der Waals surface area contributed by atoms with Crippen LogP contribution < -0.4 is 11.1 Å². The van der Waals surface area contributed by atoms with Crippen LogP contribution >= 0.6 is 0 Å². The molecule has 1 saturated carbocycles. The lowest BCUT2D eigenvalue weighted by molar-refractivity contribution is 0.573. The first-order valence-corrected chi connectivity index (χ1v) is 5.12. The Bertz CT molecular complexity index is 313. The molecule has 1 aromatic heterocycles. The van der Waals surface area contributed by atoms with E-state index in [0.29, 0.717) is 18.6 Å². The van der Waals surface area contributed by atoms with Crippen LogP contribution in [0.15, 0.2) is 0 Å². The van der Waals surface area contributed by atoms with E-state index in [1.165, 1.54) is 12.8 Å². The average molecular weight is 195 g/mol. The van der Waals surface area contributed by atoms with Gasteiger partial charge in [0, 0.05) is 12.1 Å². The molecule has 5 heteroatoms. The molecular formula is C9H17N5. The fraction of sp³-hybridized carbons (Fsp3) is 0.778. The Labute approximate surface area is 83.7 Å². The van der Waals surface area contributed by atoms with Crippen molar-refractivity contribution in [3.63, 3.8) is 0 Å². The quantitative estimate of drug-likeness (QED) is 0.748. The van der Waals surface area contributed by atoms with E-state index >= 15 is 0 Å². The number of nitrogens with zero attached hydrogens (tertiary/aromatic N) is 3. The number of anilines is 1. The zero-order chi connectivity index (χ0) is 10.1. The summed E-state index contributed by atoms with van der Waals surface area (Å²) in [5, 5.41) is 11.5. The molecule has 0 aromatic carbocycles. The summed E-state index contributed by atoms with van der Waals surface area (Å²) in [6.07, 6.45) is 2.48. The van der Waals surface area contributed by atoms with Crippen LogP contribution in [-0.2, 0) is 6.54 Å². The second-order valence-electron chi connectivity index (χ2n) is 4.03. The van der Waals surface area contributed by atoms with Gasteiger partial charge in [0.2, 0.25) is 5.95 Å². The number of hydrogen-bond acceptors (Lipinski definition) is 4. The third-order valence-electron chi connectivity index (χ3n) is 2.38. The fourth-order valence-corrected chi connectivity index (χ4v) is 1.51. The standard InChI is InChI=1S/C9H17N5/c1-6(2)14-8(5-10)12-13-9(14)11-7-3-4-7/h6-7H,3-5,10H2,1-2H3,(H,11,13). The minimum Gasteiger partial charge on any atom is -0.352 e. The number of nitrogens with one attached hydrogen (secondary N) is 1. The molecule has 0 spiro atoms. The summed E-state index contributed by atoms with van der Waals surface area (Å²) < 4.78 is 2.07. The van der Waals surface area contributed by atoms with Crippen LogP contribution in [0.3, 0.4) is 0 Å². The average Bonchev–Trinajstić information content (AvgIpc) is 2.83. The van der Waals surface area contributed by atoms with Crippen LogP contribution in [0.4, 0.5) is 5.95 Å². The lowest BCUT2D eigenvalue weighted by Crippen LogP contribution is -2.14. The van der Waals surface area contributed by atoms with Gasteiger partial charge in [0.15, 0.2) is 0 Å². The summed E-state index contributed by atoms with van der Waals surface area (Å²) in [7, 11) is 0. The largest absolute Gasteiger partial charge is 0.352 e. The maximum absolute atomic E-state index is 5.60. The molecule has 1 aliphatic carbocycles. The highest BCUT2D eigenvalue weighted by molar-refractivity contribution is 5.30. The molecule has 0 saturated heterocycles. The van der Waals surface area contributed by atoms with Gasteiger partial charge in [0.1, 0.15) is 5.82 Å². The van der Waals surface area contributed by atoms with E-state index in [9.17, 15) is 0 Å². The molecule has 0 bridgehead atoms. The molecule has 2 rings (SSSR count). The monoisotopic (exact) mass is 195 g/mol. The first-order chi connectivity index (χ1) is 6.72. The Balaban J connectivity index is 2.23. The summed E-state index contributed by atoms with van der Waals surface area (Å²) in [5.74, 6) is 1.71. The highest BCUT2D eigenvalue weighted by Crippen LogP contribution is 2.25. The Morgan fingerprint density at radius 1 is 1.50 bits per heavy atom. The van der Waals surface area contributed by atoms with E-state index in [-0.39, 0.29) is 0 Å². The zero-order valence-corrected chi connectivity index (χ0v) is 8.70. The van der Waals surface area contributed by atoms with Crippen molar-refractivity contribution >= 4 is 5.95 Å². The van der Waals surface area contributed by atoms with Gasteiger partial charge in [-0.3, -0.25) is 4.57 Å². The van der Waals surface area contributed by atoms with Crippen LogP contribution in [0.5, 0.6) is 0 Å². The molecule has 0 radical (unpaired) electrons. The van der Waals surface area contributed by atoms with Crippen molar-refractivity contribution in [3.8, 4) is 0 Å². The molecule has 0 atom stereocenters. The summed E-state index contributed by atoms with van der Waals surface area (Å²) in [6, 6.07) is 0.951. The highest BCUT2D eigenvalue weighted by atomic mass is 15.4. The van der Waals surface area contributed by atoms with Gasteiger partial charge in [-0.25, -0.2) is 0 Å². The Hall–Kier alpha value is -1.10. The minimum atomic E-state index is 0.352. The van der Waals surface area contributed by atoms with Crippen LogP contribution in [0.25, 0.3) is 0 Å². The minimum absolute atomic E-state index is 0.352. The van der Waals surface area contributed by atoms with Gasteiger partial charge in [-0.1, -0.05) is 0 Å². The van der Waals surface area contributed by atoms with Gasteiger partial charge in [-0.05, 0) is 26.7 Å². The van der Waals surface area contributed by atoms with Crippen LogP contribution in [0, 0.1) is 0 Å². The van der Waals surface area contributed by atoms with E-state index in [1.807, 2.05) is 0 Å². The Morgan fingerprint density at radius 3 is 2.71 bits per heavy atom. The van der Waals surface area contributed by atoms with Gasteiger partial charge in [0.05, 0.1) is 6.54 Å². The number of hydrogen-bond donors (Lipinski definition) is 2. The topological polar surface area (TPSA) is 68.8 Å². The molecule has 1 heterocycles. The first-order valence-electron chi connectivity index (χ1n) is 5.12. The molecule has 1 aliphatic rings. The molecular weight excluding hydrogens is 178 g/mol. The number of aromatic nitrogens is 3. The van der Waals surface area contributed by atoms with Gasteiger partial charge in [-0.2, -0.15) is 0 Å². The van der Waals surface area contributed by atoms with Crippen LogP contribution in [-0.4, -0.2) is 20.8 Å². The molecule has 14 heavy (non-hydrogen) atoms. The summed E-state index contributed by atoms with van der Waals surface area (Å²) in [5.41, 5.74) is 5.60. The second-order valence-corrected chi connectivity index (χ2v) is 4.03. The van der Waals surface area contributed by atoms with E-state index in [2.05, 4.69) is 33.9 Å². The van der Waals surface area contributed by atoms with Gasteiger partial charge in [0.25, 0.3) is 0 Å². The lowest BCUT2D eigenvalue weighted by atomic mass is 10.4. The van der Waals surface area contributed by atoms with Gasteiger partial charge < -0.3 is 11.1 Å². The smallest absolute Gasteiger partial charge is 0.225 e. The number of rotatable bonds is 4. The van der Waals surface area contributed by atoms with E-state index in [1.54, 1.807) is 0 Å². The molecule has 3 N–H and O–H groups in total. The van der Waals surface area contributed by atoms with Gasteiger partial charge in [-0.15, -0.1) is 10.2 Å². The third-order valence-corrected chi connectivity index (χ3v) is 2.38. The second kappa shape index (κ2) is 3.57. The lowest BCUT2D eigenvalue weighted by Gasteiger charge is -2.13. The molecule has 0 aliphatic heterocycles. The Morgan fingerprint density at radius 2 is 2.21 bits per heavy atom. The van der Waals surface area contributed by atoms with Crippen molar-refractivity contribution in [2.45, 2.75) is 45.3 Å².